The summed E-state index contributed by atoms with van der Waals surface area (Å²) in [5, 5.41) is 9.37. The lowest BCUT2D eigenvalue weighted by Gasteiger charge is -2.49. The molecule has 5 rings (SSSR count). The van der Waals surface area contributed by atoms with Crippen LogP contribution in [0, 0.1) is 11.3 Å². The lowest BCUT2D eigenvalue weighted by Crippen LogP contribution is -2.61. The van der Waals surface area contributed by atoms with E-state index in [0.717, 1.165) is 16.7 Å². The lowest BCUT2D eigenvalue weighted by atomic mass is 9.79. The van der Waals surface area contributed by atoms with Crippen LogP contribution in [0.15, 0.2) is 101 Å². The number of aromatic nitrogens is 2. The first-order valence-electron chi connectivity index (χ1n) is 19.3. The largest absolute Gasteiger partial charge is 0.497 e. The van der Waals surface area contributed by atoms with Crippen LogP contribution in [0.2, 0.25) is 0 Å². The Balaban J connectivity index is 1.69. The number of methoxy groups -OCH3 is 2. The first-order valence-corrected chi connectivity index (χ1v) is 20.4. The highest BCUT2D eigenvalue weighted by Crippen LogP contribution is 2.48. The number of rotatable bonds is 19. The zero-order valence-corrected chi connectivity index (χ0v) is 35.1. The van der Waals surface area contributed by atoms with E-state index in [4.69, 9.17) is 28.0 Å². The number of ether oxygens (including phenoxy) is 4. The van der Waals surface area contributed by atoms with Crippen LogP contribution in [0.25, 0.3) is 0 Å². The number of morpholine rings is 1. The van der Waals surface area contributed by atoms with Gasteiger partial charge in [0.25, 0.3) is 14.1 Å². The summed E-state index contributed by atoms with van der Waals surface area (Å²) in [6, 6.07) is 29.3. The molecule has 0 amide bonds. The van der Waals surface area contributed by atoms with Crippen molar-refractivity contribution in [2.45, 2.75) is 83.5 Å². The summed E-state index contributed by atoms with van der Waals surface area (Å²) in [6.07, 6.45) is 0.851. The Morgan fingerprint density at radius 2 is 1.44 bits per heavy atom. The summed E-state index contributed by atoms with van der Waals surface area (Å²) in [6.45, 7) is 13.4. The number of nitrogens with zero attached hydrogens (tertiary/aromatic N) is 4. The number of benzene rings is 3. The van der Waals surface area contributed by atoms with Crippen LogP contribution in [0.1, 0.15) is 70.9 Å². The molecule has 0 radical (unpaired) electrons. The molecule has 3 aromatic carbocycles. The molecule has 1 aromatic heterocycles. The van der Waals surface area contributed by atoms with Gasteiger partial charge in [0.2, 0.25) is 0 Å². The molecule has 13 nitrogen and oxygen atoms in total. The molecule has 1 saturated heterocycles. The van der Waals surface area contributed by atoms with Crippen LogP contribution in [-0.2, 0) is 24.1 Å². The summed E-state index contributed by atoms with van der Waals surface area (Å²) in [5.41, 5.74) is -0.926. The molecule has 57 heavy (non-hydrogen) atoms. The molecule has 1 N–H and O–H groups in total. The van der Waals surface area contributed by atoms with Crippen LogP contribution in [0.5, 0.6) is 11.5 Å². The highest BCUT2D eigenvalue weighted by Gasteiger charge is 2.48. The Kier molecular flexibility index (Phi) is 15.2. The van der Waals surface area contributed by atoms with Gasteiger partial charge in [0.15, 0.2) is 6.23 Å². The number of nitrogens with one attached hydrogen (secondary N) is 1. The van der Waals surface area contributed by atoms with E-state index in [1.54, 1.807) is 14.2 Å². The molecule has 4 aromatic rings. The van der Waals surface area contributed by atoms with Crippen molar-refractivity contribution < 1.29 is 28.0 Å². The quantitative estimate of drug-likeness (QED) is 0.0606. The number of H-pyrrole nitrogens is 1. The molecule has 306 valence electrons. The molecule has 0 spiro atoms. The van der Waals surface area contributed by atoms with Gasteiger partial charge in [0.05, 0.1) is 46.5 Å². The summed E-state index contributed by atoms with van der Waals surface area (Å²) in [7, 11) is 1.59. The second-order valence-corrected chi connectivity index (χ2v) is 16.4. The molecule has 0 aliphatic carbocycles. The summed E-state index contributed by atoms with van der Waals surface area (Å²) in [4.78, 5) is 30.1. The van der Waals surface area contributed by atoms with Crippen LogP contribution >= 0.6 is 8.53 Å². The normalized spacial score (nSPS) is 18.3. The molecule has 1 unspecified atom stereocenters. The predicted molar refractivity (Wildman–Crippen MR) is 220 cm³/mol. The van der Waals surface area contributed by atoms with E-state index in [2.05, 4.69) is 62.2 Å². The summed E-state index contributed by atoms with van der Waals surface area (Å²) < 4.78 is 42.5. The van der Waals surface area contributed by atoms with E-state index >= 15 is 0 Å². The van der Waals surface area contributed by atoms with E-state index < -0.39 is 37.2 Å². The van der Waals surface area contributed by atoms with Gasteiger partial charge in [0, 0.05) is 43.5 Å². The number of aromatic amines is 1. The average Bonchev–Trinajstić information content (AvgIpc) is 3.20. The van der Waals surface area contributed by atoms with E-state index in [-0.39, 0.29) is 44.4 Å². The van der Waals surface area contributed by atoms with Gasteiger partial charge >= 0.3 is 5.69 Å². The molecule has 1 fully saturated rings. The Morgan fingerprint density at radius 1 is 0.860 bits per heavy atom. The second-order valence-electron chi connectivity index (χ2n) is 14.9. The van der Waals surface area contributed by atoms with Gasteiger partial charge in [-0.15, -0.1) is 0 Å². The Bertz CT molecular complexity index is 1960. The number of hydrogen-bond acceptors (Lipinski definition) is 11. The molecule has 14 heteroatoms. The van der Waals surface area contributed by atoms with Crippen LogP contribution < -0.4 is 20.7 Å². The van der Waals surface area contributed by atoms with Crippen LogP contribution in [-0.4, -0.2) is 90.0 Å². The van der Waals surface area contributed by atoms with E-state index in [0.29, 0.717) is 24.6 Å². The van der Waals surface area contributed by atoms with Crippen molar-refractivity contribution in [2.24, 2.45) is 0 Å². The van der Waals surface area contributed by atoms with E-state index in [9.17, 15) is 14.9 Å². The first-order chi connectivity index (χ1) is 27.4. The fourth-order valence-electron chi connectivity index (χ4n) is 7.19. The molecular formula is C43H56N5O8P. The van der Waals surface area contributed by atoms with Crippen molar-refractivity contribution >= 4 is 8.53 Å². The number of hydrogen-bond donors (Lipinski definition) is 1. The molecule has 1 aliphatic rings. The van der Waals surface area contributed by atoms with Crippen molar-refractivity contribution in [3.05, 3.63) is 129 Å². The maximum Gasteiger partial charge on any atom is 0.330 e. The zero-order valence-electron chi connectivity index (χ0n) is 34.2. The molecule has 3 atom stereocenters. The van der Waals surface area contributed by atoms with Crippen molar-refractivity contribution in [3.63, 3.8) is 0 Å². The minimum atomic E-state index is -1.68. The minimum Gasteiger partial charge on any atom is -0.497 e. The Morgan fingerprint density at radius 3 is 1.95 bits per heavy atom. The molecule has 2 heterocycles. The maximum atomic E-state index is 13.3. The Hall–Kier alpha value is -4.38. The van der Waals surface area contributed by atoms with E-state index in [1.807, 2.05) is 78.9 Å². The van der Waals surface area contributed by atoms with Crippen LogP contribution in [0.4, 0.5) is 0 Å². The first kappa shape index (κ1) is 43.7. The van der Waals surface area contributed by atoms with Crippen molar-refractivity contribution in [2.75, 3.05) is 47.1 Å². The average molecular weight is 802 g/mol. The van der Waals surface area contributed by atoms with Gasteiger partial charge < -0.3 is 28.0 Å². The maximum absolute atomic E-state index is 13.3. The van der Waals surface area contributed by atoms with Gasteiger partial charge in [-0.2, -0.15) is 5.26 Å². The Labute approximate surface area is 337 Å². The highest BCUT2D eigenvalue weighted by molar-refractivity contribution is 7.44. The van der Waals surface area contributed by atoms with Crippen molar-refractivity contribution in [3.8, 4) is 17.6 Å². The second kappa shape index (κ2) is 19.9. The highest BCUT2D eigenvalue weighted by atomic mass is 31.2. The van der Waals surface area contributed by atoms with Crippen molar-refractivity contribution in [1.82, 2.24) is 19.1 Å². The molecule has 0 saturated carbocycles. The van der Waals surface area contributed by atoms with Gasteiger partial charge in [-0.3, -0.25) is 19.2 Å². The van der Waals surface area contributed by atoms with Gasteiger partial charge in [-0.25, -0.2) is 9.46 Å². The lowest BCUT2D eigenvalue weighted by molar-refractivity contribution is -0.231. The molecule has 0 bridgehead atoms. The summed E-state index contributed by atoms with van der Waals surface area (Å²) in [5.74, 6) is 1.39. The van der Waals surface area contributed by atoms with Gasteiger partial charge in [-0.1, -0.05) is 54.6 Å². The zero-order chi connectivity index (χ0) is 41.2. The molecular weight excluding hydrogens is 745 g/mol. The van der Waals surface area contributed by atoms with Crippen molar-refractivity contribution in [1.29, 1.82) is 5.26 Å². The minimum absolute atomic E-state index is 0.00904. The van der Waals surface area contributed by atoms with Crippen LogP contribution in [0.3, 0.4) is 0 Å². The fourth-order valence-corrected chi connectivity index (χ4v) is 8.88. The third kappa shape index (κ3) is 10.4. The topological polar surface area (TPSA) is 141 Å². The third-order valence-electron chi connectivity index (χ3n) is 9.99. The monoisotopic (exact) mass is 801 g/mol. The number of nitriles is 1. The third-order valence-corrected chi connectivity index (χ3v) is 12.0. The van der Waals surface area contributed by atoms with E-state index in [1.165, 1.54) is 16.8 Å². The fraction of sp³-hybridized carbons (Fsp3) is 0.465. The van der Waals surface area contributed by atoms with Gasteiger partial charge in [-0.05, 0) is 82.5 Å². The summed E-state index contributed by atoms with van der Waals surface area (Å²) >= 11 is 0. The SMILES string of the molecule is COc1ccc(C(OC[C@]2(COP(OCCC#N)N(C(C)C)C(C)C)CN(C(C)C)C[C@H](n3ccc(=O)[nH]c3=O)O2)(c2ccccc2)c2ccc(OC)cc2)cc1. The smallest absolute Gasteiger partial charge is 0.330 e. The standard InChI is InChI=1S/C43H56N5O8P/c1-31(2)46-27-40(47-25-23-39(49)45-41(47)50)56-42(28-46,30-55-57(54-26-12-24-44)48(32(3)4)33(5)6)29-53-43(34-13-10-9-11-14-34,35-15-19-37(51-7)20-16-35)36-17-21-38(52-8)22-18-36/h9-11,13-23,25,31-33,40H,12,26-30H2,1-8H3,(H,45,49,50)/t40-,42+,57?/m1/s1. The molecule has 1 aliphatic heterocycles. The predicted octanol–water partition coefficient (Wildman–Crippen LogP) is 6.83. The van der Waals surface area contributed by atoms with Gasteiger partial charge in [0.1, 0.15) is 22.7 Å².